The van der Waals surface area contributed by atoms with Crippen molar-refractivity contribution in [3.63, 3.8) is 0 Å². The number of esters is 3. The second-order valence-corrected chi connectivity index (χ2v) is 42.7. The molecule has 0 aromatic carbocycles. The van der Waals surface area contributed by atoms with Crippen LogP contribution in [0.25, 0.3) is 0 Å². The predicted molar refractivity (Wildman–Crippen MR) is 468 cm³/mol. The van der Waals surface area contributed by atoms with E-state index in [9.17, 15) is 132 Å². The van der Waals surface area contributed by atoms with E-state index in [1.54, 1.807) is 27.7 Å². The molecular weight excluding hydrogens is 1850 g/mol. The lowest BCUT2D eigenvalue weighted by Gasteiger charge is -2.71. The van der Waals surface area contributed by atoms with Gasteiger partial charge in [0.1, 0.15) is 152 Å². The molecule has 18 unspecified atom stereocenters. The number of carboxylic acids is 1. The summed E-state index contributed by atoms with van der Waals surface area (Å²) in [5.41, 5.74) is -5.50. The van der Waals surface area contributed by atoms with Crippen LogP contribution in [0.15, 0.2) is 11.6 Å². The number of fused-ring (bicyclic) bond motifs is 7. The number of carbonyl (C=O) groups excluding carboxylic acids is 4. The third-order valence-corrected chi connectivity index (χ3v) is 33.4. The Kier molecular flexibility index (Phi) is 37.2. The lowest BCUT2D eigenvalue weighted by Crippen LogP contribution is -2.69. The van der Waals surface area contributed by atoms with Crippen molar-refractivity contribution < 1.29 is 222 Å². The van der Waals surface area contributed by atoms with Gasteiger partial charge in [-0.2, -0.15) is 0 Å². The highest BCUT2D eigenvalue weighted by Gasteiger charge is 2.74. The van der Waals surface area contributed by atoms with Crippen molar-refractivity contribution in [1.29, 1.82) is 0 Å². The van der Waals surface area contributed by atoms with Crippen molar-refractivity contribution in [2.75, 3.05) is 26.4 Å². The van der Waals surface area contributed by atoms with Crippen LogP contribution in [0, 0.1) is 62.1 Å². The summed E-state index contributed by atoms with van der Waals surface area (Å²) in [6.07, 6.45) is -67.7. The highest BCUT2D eigenvalue weighted by molar-refractivity contribution is 5.80. The topological polar surface area (TPSA) is 697 Å². The Morgan fingerprint density at radius 2 is 1.00 bits per heavy atom. The van der Waals surface area contributed by atoms with Gasteiger partial charge in [-0.15, -0.1) is 0 Å². The zero-order valence-corrected chi connectivity index (χ0v) is 80.2. The summed E-state index contributed by atoms with van der Waals surface area (Å²) < 4.78 is 109. The van der Waals surface area contributed by atoms with Crippen molar-refractivity contribution in [3.8, 4) is 0 Å². The highest BCUT2D eigenvalue weighted by atomic mass is 16.8. The molecule has 0 bridgehead atoms. The van der Waals surface area contributed by atoms with Gasteiger partial charge in [0.05, 0.1) is 93.5 Å². The maximum Gasteiger partial charge on any atom is 0.335 e. The van der Waals surface area contributed by atoms with E-state index in [1.807, 2.05) is 27.7 Å². The summed E-state index contributed by atoms with van der Waals surface area (Å²) in [5, 5.41) is 247. The normalized spacial score (nSPS) is 48.5. The molecular formula is C94H154O45. The molecule has 8 heterocycles. The summed E-state index contributed by atoms with van der Waals surface area (Å²) in [5.74, 6) is -7.09. The number of allylic oxidation sites excluding steroid dienone is 2. The van der Waals surface area contributed by atoms with Gasteiger partial charge in [-0.05, 0) is 129 Å². The maximum atomic E-state index is 16.4. The van der Waals surface area contributed by atoms with Crippen molar-refractivity contribution >= 4 is 30.2 Å². The number of aliphatic hydroxyl groups excluding tert-OH is 21. The van der Waals surface area contributed by atoms with Gasteiger partial charge >= 0.3 is 23.9 Å². The highest BCUT2D eigenvalue weighted by Crippen LogP contribution is 2.76. The molecule has 0 spiro atoms. The predicted octanol–water partition coefficient (Wildman–Crippen LogP) is -3.63. The number of hydrogen-bond donors (Lipinski definition) is 22. The zero-order valence-electron chi connectivity index (χ0n) is 80.2. The van der Waals surface area contributed by atoms with Crippen LogP contribution < -0.4 is 0 Å². The third kappa shape index (κ3) is 22.3. The molecule has 0 amide bonds. The number of aldehydes is 1. The van der Waals surface area contributed by atoms with E-state index in [0.29, 0.717) is 57.8 Å². The van der Waals surface area contributed by atoms with Crippen LogP contribution in [-0.2, 0) is 109 Å². The van der Waals surface area contributed by atoms with Gasteiger partial charge in [-0.3, -0.25) is 14.4 Å². The molecule has 13 rings (SSSR count). The molecule has 5 aliphatic carbocycles. The van der Waals surface area contributed by atoms with E-state index >= 15 is 4.79 Å². The summed E-state index contributed by atoms with van der Waals surface area (Å²) in [6.45, 7) is 21.2. The molecule has 0 radical (unpaired) electrons. The van der Waals surface area contributed by atoms with Gasteiger partial charge in [-0.1, -0.05) is 108 Å². The van der Waals surface area contributed by atoms with Crippen LogP contribution in [0.2, 0.25) is 0 Å². The summed E-state index contributed by atoms with van der Waals surface area (Å²) in [4.78, 5) is 72.1. The molecule has 800 valence electrons. The van der Waals surface area contributed by atoms with Gasteiger partial charge in [0.15, 0.2) is 62.3 Å². The molecule has 52 atom stereocenters. The van der Waals surface area contributed by atoms with Gasteiger partial charge in [0.2, 0.25) is 6.29 Å². The number of aliphatic carboxylic acids is 1. The van der Waals surface area contributed by atoms with Crippen LogP contribution in [0.5, 0.6) is 0 Å². The second kappa shape index (κ2) is 45.5. The molecule has 22 N–H and O–H groups in total. The summed E-state index contributed by atoms with van der Waals surface area (Å²) in [6, 6.07) is 0. The molecule has 45 heteroatoms. The van der Waals surface area contributed by atoms with Crippen LogP contribution in [-0.4, -0.2) is 427 Å². The lowest BCUT2D eigenvalue weighted by atomic mass is 9.33. The molecule has 45 nitrogen and oxygen atoms in total. The Labute approximate surface area is 806 Å². The minimum atomic E-state index is -2.26. The smallest absolute Gasteiger partial charge is 0.335 e. The van der Waals surface area contributed by atoms with Gasteiger partial charge < -0.3 is 202 Å². The molecule has 8 saturated heterocycles. The number of aliphatic hydroxyl groups is 21. The number of ether oxygens (including phenoxy) is 18. The van der Waals surface area contributed by atoms with Crippen molar-refractivity contribution in [3.05, 3.63) is 11.6 Å². The first-order valence-corrected chi connectivity index (χ1v) is 48.7. The standard InChI is InChI=1S/C93H150O45.CH4/c1-14-36(4)48(126-55(102)27-41(97)26-49(37(5)15-2)128-83-65(112)59(106)47(16-3)127-83)25-40(96)28-56(103)131-72-39(7)125-85(76(68(72)115)136-82-67(114)62(109)71(38(6)124-82)132-81-70(117)73(46(100)34-123-81)133-79-63(110)57(104)44(98)32-121-79)138-87(120)93-24-23-88(8,9)29-43(93)42-17-18-52-89(10)21-20-54(90(11,35-95)51(89)19-22-91(52,12)92(42,13)30-53(93)101)130-86-77(137-84-66(113)61(108)60(107)50(31-94)129-84)74(69(116)75(135-86)78(118)119)134-80-64(111)58(105)45(99)33-122-80;/h17,35-41,43-54,57-77,79-86,94,96-101,104-117H,14-16,18-34H2,1-13H3,(H,118,119);1H4/t36-,37-,38?,39?,40-,41-,43?,44?,45+,46?,47-,48-,49-,50?,51?,52?,53+,54-,57-,58-,59?,60-,61-,62?,63?,64?,65?,66?,67-,68?,69+,70?,71-,72+,73-,74-,75?,76+,77?,79-,80-,81-,82-,83-,84-,85-,86+,89-,90-,91+,92+,93+;/m0./s1. The van der Waals surface area contributed by atoms with E-state index in [-0.39, 0.29) is 51.4 Å². The molecule has 0 aromatic heterocycles. The van der Waals surface area contributed by atoms with E-state index < -0.39 is 371 Å². The number of carboxylic acid groups (broad SMARTS) is 1. The van der Waals surface area contributed by atoms with E-state index in [4.69, 9.17) is 85.3 Å². The number of carbonyl (C=O) groups is 5. The van der Waals surface area contributed by atoms with Crippen LogP contribution >= 0.6 is 0 Å². The largest absolute Gasteiger partial charge is 0.479 e. The average Bonchev–Trinajstić information content (AvgIpc) is 0.927. The Morgan fingerprint density at radius 1 is 0.482 bits per heavy atom. The minimum absolute atomic E-state index is 0. The first-order chi connectivity index (χ1) is 64.8. The molecule has 12 fully saturated rings. The Balaban J connectivity index is 0.0000173. The molecule has 4 saturated carbocycles. The third-order valence-electron chi connectivity index (χ3n) is 33.4. The van der Waals surface area contributed by atoms with Gasteiger partial charge in [0.25, 0.3) is 0 Å². The van der Waals surface area contributed by atoms with Crippen molar-refractivity contribution in [1.82, 2.24) is 0 Å². The fourth-order valence-corrected chi connectivity index (χ4v) is 24.3. The fourth-order valence-electron chi connectivity index (χ4n) is 24.3. The maximum absolute atomic E-state index is 16.4. The Bertz CT molecular complexity index is 4080. The molecule has 8 aliphatic heterocycles. The molecule has 13 aliphatic rings. The summed E-state index contributed by atoms with van der Waals surface area (Å²) >= 11 is 0. The van der Waals surface area contributed by atoms with E-state index in [1.165, 1.54) is 13.8 Å². The van der Waals surface area contributed by atoms with Gasteiger partial charge in [0, 0.05) is 12.8 Å². The fraction of sp³-hybridized carbons (Fsp3) is 0.926. The molecule has 139 heavy (non-hydrogen) atoms. The average molecular weight is 2000 g/mol. The SMILES string of the molecule is C.CC[C@@H]1O[C@@H](O[C@@H](C[C@H](O)CC(=O)O[C@@H](C[C@H](O)CC(=O)O[C@@H]2C(C)O[C@@H](OC(=O)[C@]34CCC(C)(C)CC3C3=CCC5[C@@]6(C)CC[C@H](O[C@@H]7OC(C(=O)O)[C@H](O)[C@H](O[C@@H]8OC[C@@H](O)[C@H](O)C8O)C7O[C@@H]7OC(CO)[C@H](O)[C@H](O)C7O)[C@@](C)(C=O)C6CC[C@@]5(C)[C@]3(C)C[C@H]4O)[C@H](O[C@@H]3OC(C)[C@H](O[C@@H]4OCC(O)[C@H](O[C@@H]5OCC(O)[C@H](O)C5O)C4O)C(O)[C@@H]3O)C2O)[C@@H](C)CC)[C@@H](C)CC)C(O)C1O. The van der Waals surface area contributed by atoms with E-state index in [2.05, 4.69) is 26.8 Å². The summed E-state index contributed by atoms with van der Waals surface area (Å²) in [7, 11) is 0. The zero-order chi connectivity index (χ0) is 101. The first kappa shape index (κ1) is 114. The van der Waals surface area contributed by atoms with Crippen LogP contribution in [0.4, 0.5) is 0 Å². The number of hydrogen-bond acceptors (Lipinski definition) is 44. The second-order valence-electron chi connectivity index (χ2n) is 42.7. The monoisotopic (exact) mass is 2000 g/mol. The lowest BCUT2D eigenvalue weighted by molar-refractivity contribution is -0.391. The van der Waals surface area contributed by atoms with Crippen molar-refractivity contribution in [2.45, 2.75) is 458 Å². The molecule has 0 aromatic rings. The minimum Gasteiger partial charge on any atom is -0.479 e. The quantitative estimate of drug-likeness (QED) is 0.00972. The van der Waals surface area contributed by atoms with Crippen LogP contribution in [0.1, 0.15) is 200 Å². The van der Waals surface area contributed by atoms with Gasteiger partial charge in [-0.25, -0.2) is 4.79 Å². The first-order valence-electron chi connectivity index (χ1n) is 48.7. The van der Waals surface area contributed by atoms with Crippen LogP contribution in [0.3, 0.4) is 0 Å². The Morgan fingerprint density at radius 3 is 1.60 bits per heavy atom. The van der Waals surface area contributed by atoms with E-state index in [0.717, 1.165) is 11.9 Å². The number of rotatable bonds is 34. The van der Waals surface area contributed by atoms with Crippen molar-refractivity contribution in [2.24, 2.45) is 62.1 Å². The Hall–Kier alpha value is -4.15.